The molecule has 0 fully saturated rings. The van der Waals surface area contributed by atoms with Crippen molar-refractivity contribution in [3.63, 3.8) is 0 Å². The van der Waals surface area contributed by atoms with E-state index >= 15 is 0 Å². The van der Waals surface area contributed by atoms with Gasteiger partial charge in [0.2, 0.25) is 0 Å². The van der Waals surface area contributed by atoms with Crippen molar-refractivity contribution in [1.29, 1.82) is 0 Å². The maximum Gasteiger partial charge on any atom is 0.257 e. The molecule has 1 amide bonds. The molecule has 0 spiro atoms. The molecule has 110 valence electrons. The van der Waals surface area contributed by atoms with Gasteiger partial charge in [-0.15, -0.1) is 0 Å². The number of carbonyl (C=O) groups is 1. The summed E-state index contributed by atoms with van der Waals surface area (Å²) in [6, 6.07) is 8.73. The van der Waals surface area contributed by atoms with Gasteiger partial charge in [0.25, 0.3) is 5.91 Å². The van der Waals surface area contributed by atoms with Gasteiger partial charge in [0.15, 0.2) is 0 Å². The van der Waals surface area contributed by atoms with E-state index in [4.69, 9.17) is 22.1 Å². The first-order chi connectivity index (χ1) is 9.88. The lowest BCUT2D eigenvalue weighted by Crippen LogP contribution is -2.22. The zero-order valence-corrected chi connectivity index (χ0v) is 12.3. The number of amides is 1. The van der Waals surface area contributed by atoms with Crippen LogP contribution >= 0.6 is 11.6 Å². The average molecular weight is 309 g/mol. The van der Waals surface area contributed by atoms with E-state index in [1.165, 1.54) is 23.1 Å². The molecular formula is C15H14ClFN2O2. The standard InChI is InChI=1S/C15H14ClFN2O2/c1-19(2)15(20)11-5-3-9(18)7-14(11)21-10-4-6-12(16)13(17)8-10/h3-8H,18H2,1-2H3. The Labute approximate surface area is 126 Å². The fraction of sp³-hybridized carbons (Fsp3) is 0.133. The number of nitrogens with zero attached hydrogens (tertiary/aromatic N) is 1. The summed E-state index contributed by atoms with van der Waals surface area (Å²) in [5.41, 5.74) is 6.49. The van der Waals surface area contributed by atoms with Gasteiger partial charge in [0, 0.05) is 31.9 Å². The van der Waals surface area contributed by atoms with E-state index in [2.05, 4.69) is 0 Å². The molecule has 2 N–H and O–H groups in total. The zero-order valence-electron chi connectivity index (χ0n) is 11.6. The third-order valence-corrected chi connectivity index (χ3v) is 3.07. The lowest BCUT2D eigenvalue weighted by atomic mass is 10.1. The third kappa shape index (κ3) is 3.44. The van der Waals surface area contributed by atoms with Crippen molar-refractivity contribution in [1.82, 2.24) is 4.90 Å². The van der Waals surface area contributed by atoms with Gasteiger partial charge in [-0.2, -0.15) is 0 Å². The van der Waals surface area contributed by atoms with Crippen LogP contribution in [-0.4, -0.2) is 24.9 Å². The molecule has 0 atom stereocenters. The van der Waals surface area contributed by atoms with E-state index < -0.39 is 5.82 Å². The van der Waals surface area contributed by atoms with Crippen LogP contribution in [0.5, 0.6) is 11.5 Å². The number of nitrogen functional groups attached to an aromatic ring is 1. The van der Waals surface area contributed by atoms with Crippen LogP contribution in [0.2, 0.25) is 5.02 Å². The minimum Gasteiger partial charge on any atom is -0.456 e. The van der Waals surface area contributed by atoms with Crippen molar-refractivity contribution in [3.8, 4) is 11.5 Å². The van der Waals surface area contributed by atoms with Gasteiger partial charge in [0.05, 0.1) is 10.6 Å². The second kappa shape index (κ2) is 6.01. The maximum absolute atomic E-state index is 13.4. The number of halogens is 2. The van der Waals surface area contributed by atoms with Crippen molar-refractivity contribution in [2.75, 3.05) is 19.8 Å². The SMILES string of the molecule is CN(C)C(=O)c1ccc(N)cc1Oc1ccc(Cl)c(F)c1. The predicted octanol–water partition coefficient (Wildman–Crippen LogP) is 3.56. The fourth-order valence-electron chi connectivity index (χ4n) is 1.71. The van der Waals surface area contributed by atoms with Gasteiger partial charge < -0.3 is 15.4 Å². The summed E-state index contributed by atoms with van der Waals surface area (Å²) >= 11 is 5.62. The van der Waals surface area contributed by atoms with Crippen molar-refractivity contribution < 1.29 is 13.9 Å². The monoisotopic (exact) mass is 308 g/mol. The second-order valence-electron chi connectivity index (χ2n) is 4.63. The number of carbonyl (C=O) groups excluding carboxylic acids is 1. The number of rotatable bonds is 3. The Morgan fingerprint density at radius 2 is 1.95 bits per heavy atom. The molecule has 2 aromatic rings. The third-order valence-electron chi connectivity index (χ3n) is 2.76. The maximum atomic E-state index is 13.4. The Hall–Kier alpha value is -2.27. The summed E-state index contributed by atoms with van der Waals surface area (Å²) in [6.07, 6.45) is 0. The molecule has 2 rings (SSSR count). The first-order valence-electron chi connectivity index (χ1n) is 6.12. The molecular weight excluding hydrogens is 295 g/mol. The van der Waals surface area contributed by atoms with Crippen LogP contribution in [0.4, 0.5) is 10.1 Å². The molecule has 0 aliphatic heterocycles. The number of hydrogen-bond donors (Lipinski definition) is 1. The molecule has 0 radical (unpaired) electrons. The molecule has 0 unspecified atom stereocenters. The van der Waals surface area contributed by atoms with E-state index in [9.17, 15) is 9.18 Å². The topological polar surface area (TPSA) is 55.6 Å². The van der Waals surface area contributed by atoms with Gasteiger partial charge in [-0.05, 0) is 24.3 Å². The Bertz CT molecular complexity index is 689. The largest absolute Gasteiger partial charge is 0.456 e. The summed E-state index contributed by atoms with van der Waals surface area (Å²) in [5, 5.41) is -0.000447. The van der Waals surface area contributed by atoms with Gasteiger partial charge in [-0.3, -0.25) is 4.79 Å². The van der Waals surface area contributed by atoms with E-state index in [0.29, 0.717) is 11.3 Å². The van der Waals surface area contributed by atoms with Gasteiger partial charge in [-0.25, -0.2) is 4.39 Å². The van der Waals surface area contributed by atoms with Gasteiger partial charge in [-0.1, -0.05) is 11.6 Å². The Kier molecular flexibility index (Phi) is 4.33. The Balaban J connectivity index is 2.40. The summed E-state index contributed by atoms with van der Waals surface area (Å²) < 4.78 is 19.0. The van der Waals surface area contributed by atoms with Crippen LogP contribution in [0, 0.1) is 5.82 Å². The molecule has 0 saturated carbocycles. The van der Waals surface area contributed by atoms with Crippen LogP contribution in [0.3, 0.4) is 0 Å². The molecule has 0 saturated heterocycles. The Morgan fingerprint density at radius 1 is 1.24 bits per heavy atom. The van der Waals surface area contributed by atoms with Crippen molar-refractivity contribution in [2.24, 2.45) is 0 Å². The molecule has 0 aliphatic carbocycles. The highest BCUT2D eigenvalue weighted by molar-refractivity contribution is 6.30. The molecule has 0 aliphatic rings. The molecule has 0 bridgehead atoms. The highest BCUT2D eigenvalue weighted by Gasteiger charge is 2.16. The molecule has 21 heavy (non-hydrogen) atoms. The number of hydrogen-bond acceptors (Lipinski definition) is 3. The summed E-state index contributed by atoms with van der Waals surface area (Å²) in [5.74, 6) is -0.344. The smallest absolute Gasteiger partial charge is 0.257 e. The molecule has 4 nitrogen and oxygen atoms in total. The number of nitrogens with two attached hydrogens (primary N) is 1. The van der Waals surface area contributed by atoms with Crippen molar-refractivity contribution >= 4 is 23.2 Å². The fourth-order valence-corrected chi connectivity index (χ4v) is 1.83. The highest BCUT2D eigenvalue weighted by atomic mass is 35.5. The quantitative estimate of drug-likeness (QED) is 0.882. The lowest BCUT2D eigenvalue weighted by Gasteiger charge is -2.15. The minimum atomic E-state index is -0.599. The first-order valence-corrected chi connectivity index (χ1v) is 6.50. The van der Waals surface area contributed by atoms with E-state index in [1.54, 1.807) is 26.2 Å². The van der Waals surface area contributed by atoms with Gasteiger partial charge in [0.1, 0.15) is 17.3 Å². The summed E-state index contributed by atoms with van der Waals surface area (Å²) in [7, 11) is 3.26. The second-order valence-corrected chi connectivity index (χ2v) is 5.04. The van der Waals surface area contributed by atoms with Crippen molar-refractivity contribution in [2.45, 2.75) is 0 Å². The van der Waals surface area contributed by atoms with Gasteiger partial charge >= 0.3 is 0 Å². The van der Waals surface area contributed by atoms with Crippen LogP contribution < -0.4 is 10.5 Å². The Morgan fingerprint density at radius 3 is 2.57 bits per heavy atom. The van der Waals surface area contributed by atoms with Crippen LogP contribution in [0.15, 0.2) is 36.4 Å². The van der Waals surface area contributed by atoms with E-state index in [0.717, 1.165) is 6.07 Å². The van der Waals surface area contributed by atoms with Crippen LogP contribution in [-0.2, 0) is 0 Å². The van der Waals surface area contributed by atoms with E-state index in [1.807, 2.05) is 0 Å². The van der Waals surface area contributed by atoms with Crippen molar-refractivity contribution in [3.05, 3.63) is 52.8 Å². The minimum absolute atomic E-state index is 0.000447. The molecule has 0 aromatic heterocycles. The summed E-state index contributed by atoms with van der Waals surface area (Å²) in [4.78, 5) is 13.5. The summed E-state index contributed by atoms with van der Waals surface area (Å²) in [6.45, 7) is 0. The highest BCUT2D eigenvalue weighted by Crippen LogP contribution is 2.30. The van der Waals surface area contributed by atoms with E-state index in [-0.39, 0.29) is 22.4 Å². The lowest BCUT2D eigenvalue weighted by molar-refractivity contribution is 0.0825. The number of ether oxygens (including phenoxy) is 1. The number of benzene rings is 2. The average Bonchev–Trinajstić information content (AvgIpc) is 2.42. The molecule has 0 heterocycles. The zero-order chi connectivity index (χ0) is 15.6. The molecule has 2 aromatic carbocycles. The predicted molar refractivity (Wildman–Crippen MR) is 80.4 cm³/mol. The van der Waals surface area contributed by atoms with Crippen LogP contribution in [0.1, 0.15) is 10.4 Å². The number of anilines is 1. The normalized spacial score (nSPS) is 10.3. The van der Waals surface area contributed by atoms with Crippen LogP contribution in [0.25, 0.3) is 0 Å². The molecule has 6 heteroatoms. The first kappa shape index (κ1) is 15.1.